The Bertz CT molecular complexity index is 822. The summed E-state index contributed by atoms with van der Waals surface area (Å²) in [5, 5.41) is 9.20. The first-order valence-corrected chi connectivity index (χ1v) is 7.60. The van der Waals surface area contributed by atoms with Crippen LogP contribution in [0.4, 0.5) is 0 Å². The van der Waals surface area contributed by atoms with Crippen LogP contribution >= 0.6 is 0 Å². The number of aromatic nitrogens is 2. The van der Waals surface area contributed by atoms with Gasteiger partial charge < -0.3 is 14.2 Å². The fourth-order valence-corrected chi connectivity index (χ4v) is 2.52. The molecule has 0 aliphatic carbocycles. The van der Waals surface area contributed by atoms with Crippen molar-refractivity contribution in [2.45, 2.75) is 19.8 Å². The number of benzene rings is 1. The van der Waals surface area contributed by atoms with Gasteiger partial charge >= 0.3 is 5.97 Å². The minimum Gasteiger partial charge on any atom is -0.494 e. The number of fused-ring (bicyclic) bond motifs is 1. The van der Waals surface area contributed by atoms with Gasteiger partial charge in [0, 0.05) is 11.8 Å². The molecule has 2 heterocycles. The molecule has 0 aliphatic heterocycles. The number of pyridine rings is 1. The third kappa shape index (κ3) is 3.18. The molecule has 0 amide bonds. The van der Waals surface area contributed by atoms with Gasteiger partial charge in [-0.05, 0) is 42.8 Å². The zero-order chi connectivity index (χ0) is 16.2. The third-order valence-electron chi connectivity index (χ3n) is 3.55. The molecule has 0 aliphatic rings. The summed E-state index contributed by atoms with van der Waals surface area (Å²) in [6.45, 7) is 2.74. The number of hydrogen-bond acceptors (Lipinski definition) is 3. The van der Waals surface area contributed by atoms with Gasteiger partial charge in [0.2, 0.25) is 0 Å². The number of rotatable bonds is 6. The van der Waals surface area contributed by atoms with E-state index in [4.69, 9.17) is 4.74 Å². The Hall–Kier alpha value is -2.82. The van der Waals surface area contributed by atoms with E-state index in [2.05, 4.69) is 11.9 Å². The third-order valence-corrected chi connectivity index (χ3v) is 3.55. The van der Waals surface area contributed by atoms with E-state index in [-0.39, 0.29) is 6.42 Å². The molecule has 0 radical (unpaired) electrons. The highest BCUT2D eigenvalue weighted by Crippen LogP contribution is 2.27. The summed E-state index contributed by atoms with van der Waals surface area (Å²) in [6, 6.07) is 13.2. The van der Waals surface area contributed by atoms with Crippen LogP contribution in [0.25, 0.3) is 16.9 Å². The predicted molar refractivity (Wildman–Crippen MR) is 87.8 cm³/mol. The van der Waals surface area contributed by atoms with Crippen LogP contribution in [-0.4, -0.2) is 27.1 Å². The molecule has 0 atom stereocenters. The molecule has 0 spiro atoms. The fourth-order valence-electron chi connectivity index (χ4n) is 2.52. The van der Waals surface area contributed by atoms with Gasteiger partial charge in [0.05, 0.1) is 24.4 Å². The van der Waals surface area contributed by atoms with Crippen molar-refractivity contribution in [2.75, 3.05) is 6.61 Å². The van der Waals surface area contributed by atoms with E-state index in [0.29, 0.717) is 18.0 Å². The maximum atomic E-state index is 11.2. The smallest absolute Gasteiger partial charge is 0.309 e. The lowest BCUT2D eigenvalue weighted by atomic mass is 10.1. The van der Waals surface area contributed by atoms with Crippen LogP contribution in [0.5, 0.6) is 5.75 Å². The van der Waals surface area contributed by atoms with Crippen LogP contribution < -0.4 is 4.74 Å². The van der Waals surface area contributed by atoms with Crippen LogP contribution in [0.1, 0.15) is 19.0 Å². The maximum absolute atomic E-state index is 11.2. The molecule has 118 valence electrons. The van der Waals surface area contributed by atoms with Crippen molar-refractivity contribution >= 4 is 11.6 Å². The minimum absolute atomic E-state index is 0.0748. The fraction of sp³-hybridized carbons (Fsp3) is 0.222. The molecule has 0 saturated heterocycles. The van der Waals surface area contributed by atoms with E-state index in [9.17, 15) is 9.90 Å². The predicted octanol–water partition coefficient (Wildman–Crippen LogP) is 3.42. The van der Waals surface area contributed by atoms with Crippen LogP contribution in [0.3, 0.4) is 0 Å². The minimum atomic E-state index is -0.875. The molecule has 3 aromatic rings. The highest BCUT2D eigenvalue weighted by molar-refractivity contribution is 5.76. The highest BCUT2D eigenvalue weighted by Gasteiger charge is 2.16. The number of imidazole rings is 1. The molecule has 23 heavy (non-hydrogen) atoms. The average Bonchev–Trinajstić information content (AvgIpc) is 2.92. The number of nitrogens with zero attached hydrogens (tertiary/aromatic N) is 2. The normalized spacial score (nSPS) is 10.8. The van der Waals surface area contributed by atoms with Gasteiger partial charge in [-0.2, -0.15) is 0 Å². The van der Waals surface area contributed by atoms with Crippen molar-refractivity contribution in [2.24, 2.45) is 0 Å². The molecule has 5 nitrogen and oxygen atoms in total. The Morgan fingerprint density at radius 1 is 1.22 bits per heavy atom. The molecular formula is C18H18N2O3. The van der Waals surface area contributed by atoms with Gasteiger partial charge in [0.15, 0.2) is 0 Å². The van der Waals surface area contributed by atoms with Gasteiger partial charge in [0.1, 0.15) is 11.4 Å². The van der Waals surface area contributed by atoms with Gasteiger partial charge in [-0.15, -0.1) is 0 Å². The molecule has 1 aromatic carbocycles. The molecule has 5 heteroatoms. The van der Waals surface area contributed by atoms with E-state index in [1.165, 1.54) is 0 Å². The first kappa shape index (κ1) is 15.1. The number of hydrogen-bond donors (Lipinski definition) is 1. The van der Waals surface area contributed by atoms with Gasteiger partial charge in [-0.3, -0.25) is 4.79 Å². The highest BCUT2D eigenvalue weighted by atomic mass is 16.5. The van der Waals surface area contributed by atoms with E-state index in [1.807, 2.05) is 53.1 Å². The van der Waals surface area contributed by atoms with Crippen LogP contribution in [0.2, 0.25) is 0 Å². The first-order valence-electron chi connectivity index (χ1n) is 7.60. The largest absolute Gasteiger partial charge is 0.494 e. The topological polar surface area (TPSA) is 63.8 Å². The Labute approximate surface area is 134 Å². The first-order chi connectivity index (χ1) is 11.2. The van der Waals surface area contributed by atoms with E-state index < -0.39 is 5.97 Å². The summed E-state index contributed by atoms with van der Waals surface area (Å²) in [5.74, 6) is -0.0704. The number of carboxylic acids is 1. The summed E-state index contributed by atoms with van der Waals surface area (Å²) in [5.41, 5.74) is 3.00. The van der Waals surface area contributed by atoms with Crippen LogP contribution in [-0.2, 0) is 11.2 Å². The van der Waals surface area contributed by atoms with Gasteiger partial charge in [0.25, 0.3) is 0 Å². The van der Waals surface area contributed by atoms with Crippen LogP contribution in [0, 0.1) is 0 Å². The summed E-state index contributed by atoms with van der Waals surface area (Å²) < 4.78 is 7.40. The number of ether oxygens (including phenoxy) is 1. The number of carbonyl (C=O) groups is 1. The second kappa shape index (κ2) is 6.52. The second-order valence-corrected chi connectivity index (χ2v) is 5.28. The van der Waals surface area contributed by atoms with Crippen molar-refractivity contribution < 1.29 is 14.6 Å². The molecule has 2 aromatic heterocycles. The lowest BCUT2D eigenvalue weighted by Crippen LogP contribution is -2.04. The molecule has 0 bridgehead atoms. The van der Waals surface area contributed by atoms with Crippen molar-refractivity contribution in [1.29, 1.82) is 0 Å². The van der Waals surface area contributed by atoms with Crippen molar-refractivity contribution in [3.63, 3.8) is 0 Å². The van der Waals surface area contributed by atoms with Crippen molar-refractivity contribution in [1.82, 2.24) is 9.38 Å². The van der Waals surface area contributed by atoms with E-state index in [0.717, 1.165) is 23.4 Å². The van der Waals surface area contributed by atoms with Gasteiger partial charge in [-0.1, -0.05) is 13.0 Å². The van der Waals surface area contributed by atoms with Gasteiger partial charge in [-0.25, -0.2) is 4.98 Å². The zero-order valence-electron chi connectivity index (χ0n) is 12.9. The van der Waals surface area contributed by atoms with Crippen molar-refractivity contribution in [3.05, 3.63) is 54.4 Å². The summed E-state index contributed by atoms with van der Waals surface area (Å²) in [4.78, 5) is 15.8. The number of carboxylic acid groups (broad SMARTS) is 1. The molecular weight excluding hydrogens is 292 g/mol. The van der Waals surface area contributed by atoms with E-state index in [1.54, 1.807) is 0 Å². The summed E-state index contributed by atoms with van der Waals surface area (Å²) >= 11 is 0. The second-order valence-electron chi connectivity index (χ2n) is 5.28. The Kier molecular flexibility index (Phi) is 4.28. The Morgan fingerprint density at radius 3 is 2.70 bits per heavy atom. The Morgan fingerprint density at radius 2 is 2.00 bits per heavy atom. The average molecular weight is 310 g/mol. The van der Waals surface area contributed by atoms with E-state index >= 15 is 0 Å². The number of aliphatic carboxylic acids is 1. The molecule has 1 N–H and O–H groups in total. The van der Waals surface area contributed by atoms with Crippen molar-refractivity contribution in [3.8, 4) is 17.0 Å². The summed E-state index contributed by atoms with van der Waals surface area (Å²) in [6.07, 6.45) is 2.72. The summed E-state index contributed by atoms with van der Waals surface area (Å²) in [7, 11) is 0. The molecule has 0 unspecified atom stereocenters. The lowest BCUT2D eigenvalue weighted by molar-refractivity contribution is -0.136. The quantitative estimate of drug-likeness (QED) is 0.757. The Balaban J connectivity index is 2.02. The lowest BCUT2D eigenvalue weighted by Gasteiger charge is -2.06. The zero-order valence-corrected chi connectivity index (χ0v) is 12.9. The molecule has 3 rings (SSSR count). The SMILES string of the molecule is CCCOc1ccc(-c2nc3ccccn3c2CC(=O)O)cc1. The van der Waals surface area contributed by atoms with Crippen LogP contribution in [0.15, 0.2) is 48.7 Å². The molecule has 0 fully saturated rings. The maximum Gasteiger partial charge on any atom is 0.309 e. The standard InChI is InChI=1S/C18H18N2O3/c1-2-11-23-14-8-6-13(7-9-14)18-15(12-17(21)22)20-10-4-3-5-16(20)19-18/h3-10H,2,11-12H2,1H3,(H,21,22). The monoisotopic (exact) mass is 310 g/mol. The molecule has 0 saturated carbocycles.